The normalized spacial score (nSPS) is 11.2. The third-order valence-corrected chi connectivity index (χ3v) is 3.64. The second kappa shape index (κ2) is 4.80. The fraction of sp³-hybridized carbons (Fsp3) is 0.0588. The standard InChI is InChI=1S/C17H13FN4/c1-11-20-16-9-14(15(18)10-17(16)21-11)12-3-5-13(6-4-12)22-8-2-7-19-22/h2-10H,1H3,(H,20,21). The molecule has 0 aliphatic rings. The highest BCUT2D eigenvalue weighted by Gasteiger charge is 2.10. The van der Waals surface area contributed by atoms with Gasteiger partial charge in [0, 0.05) is 24.0 Å². The minimum absolute atomic E-state index is 0.261. The number of benzene rings is 2. The topological polar surface area (TPSA) is 46.5 Å². The van der Waals surface area contributed by atoms with Crippen LogP contribution in [0.15, 0.2) is 54.9 Å². The third kappa shape index (κ3) is 2.07. The lowest BCUT2D eigenvalue weighted by molar-refractivity contribution is 0.633. The second-order valence-electron chi connectivity index (χ2n) is 5.17. The minimum Gasteiger partial charge on any atom is -0.342 e. The predicted octanol–water partition coefficient (Wildman–Crippen LogP) is 3.86. The lowest BCUT2D eigenvalue weighted by Crippen LogP contribution is -1.93. The van der Waals surface area contributed by atoms with E-state index in [9.17, 15) is 4.39 Å². The number of fused-ring (bicyclic) bond motifs is 1. The third-order valence-electron chi connectivity index (χ3n) is 3.64. The van der Waals surface area contributed by atoms with Gasteiger partial charge in [-0.2, -0.15) is 5.10 Å². The fourth-order valence-electron chi connectivity index (χ4n) is 2.59. The van der Waals surface area contributed by atoms with E-state index >= 15 is 0 Å². The summed E-state index contributed by atoms with van der Waals surface area (Å²) in [6, 6.07) is 12.7. The number of imidazole rings is 1. The van der Waals surface area contributed by atoms with Gasteiger partial charge in [-0.15, -0.1) is 0 Å². The number of nitrogens with zero attached hydrogens (tertiary/aromatic N) is 3. The molecular weight excluding hydrogens is 279 g/mol. The van der Waals surface area contributed by atoms with Gasteiger partial charge in [-0.3, -0.25) is 0 Å². The molecule has 0 unspecified atom stereocenters. The van der Waals surface area contributed by atoms with Gasteiger partial charge < -0.3 is 4.98 Å². The van der Waals surface area contributed by atoms with Crippen LogP contribution in [0.25, 0.3) is 27.8 Å². The van der Waals surface area contributed by atoms with Crippen LogP contribution in [-0.4, -0.2) is 19.7 Å². The molecule has 0 spiro atoms. The van der Waals surface area contributed by atoms with Gasteiger partial charge in [-0.05, 0) is 36.8 Å². The second-order valence-corrected chi connectivity index (χ2v) is 5.17. The highest BCUT2D eigenvalue weighted by Crippen LogP contribution is 2.27. The monoisotopic (exact) mass is 292 g/mol. The Balaban J connectivity index is 1.79. The van der Waals surface area contributed by atoms with Crippen LogP contribution in [0.5, 0.6) is 0 Å². The van der Waals surface area contributed by atoms with Crippen molar-refractivity contribution in [1.29, 1.82) is 0 Å². The van der Waals surface area contributed by atoms with Crippen LogP contribution in [0.1, 0.15) is 5.82 Å². The average Bonchev–Trinajstić information content (AvgIpc) is 3.15. The number of aromatic amines is 1. The summed E-state index contributed by atoms with van der Waals surface area (Å²) in [7, 11) is 0. The summed E-state index contributed by atoms with van der Waals surface area (Å²) in [5.41, 5.74) is 3.78. The van der Waals surface area contributed by atoms with Crippen molar-refractivity contribution in [3.05, 3.63) is 66.5 Å². The van der Waals surface area contributed by atoms with Crippen molar-refractivity contribution in [2.45, 2.75) is 6.92 Å². The first-order valence-electron chi connectivity index (χ1n) is 6.97. The van der Waals surface area contributed by atoms with Gasteiger partial charge in [0.2, 0.25) is 0 Å². The van der Waals surface area contributed by atoms with Gasteiger partial charge in [-0.25, -0.2) is 14.1 Å². The van der Waals surface area contributed by atoms with E-state index in [0.717, 1.165) is 22.6 Å². The Morgan fingerprint density at radius 3 is 2.68 bits per heavy atom. The summed E-state index contributed by atoms with van der Waals surface area (Å²) in [6.07, 6.45) is 3.59. The Hall–Kier alpha value is -2.95. The van der Waals surface area contributed by atoms with E-state index in [2.05, 4.69) is 15.1 Å². The molecule has 22 heavy (non-hydrogen) atoms. The Kier molecular flexibility index (Phi) is 2.79. The van der Waals surface area contributed by atoms with Crippen LogP contribution in [0.3, 0.4) is 0 Å². The van der Waals surface area contributed by atoms with E-state index in [1.54, 1.807) is 16.9 Å². The molecular formula is C17H13FN4. The smallest absolute Gasteiger partial charge is 0.133 e. The highest BCUT2D eigenvalue weighted by atomic mass is 19.1. The molecule has 4 nitrogen and oxygen atoms in total. The SMILES string of the molecule is Cc1nc2cc(-c3ccc(-n4cccn4)cc3)c(F)cc2[nH]1. The number of hydrogen-bond donors (Lipinski definition) is 1. The Morgan fingerprint density at radius 1 is 1.14 bits per heavy atom. The Labute approximate surface area is 126 Å². The largest absolute Gasteiger partial charge is 0.342 e. The van der Waals surface area contributed by atoms with Crippen LogP contribution in [0.4, 0.5) is 4.39 Å². The lowest BCUT2D eigenvalue weighted by Gasteiger charge is -2.06. The van der Waals surface area contributed by atoms with Crippen LogP contribution in [0.2, 0.25) is 0 Å². The van der Waals surface area contributed by atoms with Crippen LogP contribution in [-0.2, 0) is 0 Å². The fourth-order valence-corrected chi connectivity index (χ4v) is 2.59. The minimum atomic E-state index is -0.261. The summed E-state index contributed by atoms with van der Waals surface area (Å²) in [5, 5.41) is 4.18. The van der Waals surface area contributed by atoms with Gasteiger partial charge in [-0.1, -0.05) is 12.1 Å². The molecule has 108 valence electrons. The van der Waals surface area contributed by atoms with Crippen LogP contribution in [0, 0.1) is 12.7 Å². The first-order valence-corrected chi connectivity index (χ1v) is 6.97. The quantitative estimate of drug-likeness (QED) is 0.609. The molecule has 4 rings (SSSR count). The number of rotatable bonds is 2. The number of hydrogen-bond acceptors (Lipinski definition) is 2. The van der Waals surface area contributed by atoms with Gasteiger partial charge in [0.15, 0.2) is 0 Å². The predicted molar refractivity (Wildman–Crippen MR) is 83.3 cm³/mol. The van der Waals surface area contributed by atoms with Crippen molar-refractivity contribution in [1.82, 2.24) is 19.7 Å². The molecule has 2 aromatic carbocycles. The van der Waals surface area contributed by atoms with Crippen molar-refractivity contribution in [2.24, 2.45) is 0 Å². The maximum Gasteiger partial charge on any atom is 0.133 e. The zero-order chi connectivity index (χ0) is 15.1. The van der Waals surface area contributed by atoms with E-state index in [1.165, 1.54) is 6.07 Å². The zero-order valence-corrected chi connectivity index (χ0v) is 11.9. The molecule has 0 amide bonds. The lowest BCUT2D eigenvalue weighted by atomic mass is 10.0. The van der Waals surface area contributed by atoms with E-state index in [-0.39, 0.29) is 5.82 Å². The molecule has 0 atom stereocenters. The molecule has 0 radical (unpaired) electrons. The Morgan fingerprint density at radius 2 is 1.95 bits per heavy atom. The number of nitrogens with one attached hydrogen (secondary N) is 1. The van der Waals surface area contributed by atoms with Crippen molar-refractivity contribution >= 4 is 11.0 Å². The number of aromatic nitrogens is 4. The first-order chi connectivity index (χ1) is 10.7. The molecule has 0 fully saturated rings. The van der Waals surface area contributed by atoms with Crippen molar-refractivity contribution in [2.75, 3.05) is 0 Å². The van der Waals surface area contributed by atoms with Gasteiger partial charge in [0.05, 0.1) is 16.7 Å². The molecule has 0 saturated carbocycles. The average molecular weight is 292 g/mol. The summed E-state index contributed by atoms with van der Waals surface area (Å²) in [4.78, 5) is 7.41. The number of halogens is 1. The number of H-pyrrole nitrogens is 1. The zero-order valence-electron chi connectivity index (χ0n) is 11.9. The molecule has 0 bridgehead atoms. The molecule has 2 aromatic heterocycles. The first kappa shape index (κ1) is 12.8. The van der Waals surface area contributed by atoms with E-state index in [4.69, 9.17) is 0 Å². The van der Waals surface area contributed by atoms with Crippen LogP contribution >= 0.6 is 0 Å². The van der Waals surface area contributed by atoms with Gasteiger partial charge in [0.1, 0.15) is 11.6 Å². The van der Waals surface area contributed by atoms with E-state index < -0.39 is 0 Å². The summed E-state index contributed by atoms with van der Waals surface area (Å²) in [6.45, 7) is 1.86. The molecule has 5 heteroatoms. The van der Waals surface area contributed by atoms with Gasteiger partial charge in [0.25, 0.3) is 0 Å². The Bertz CT molecular complexity index is 937. The van der Waals surface area contributed by atoms with E-state index in [0.29, 0.717) is 11.1 Å². The summed E-state index contributed by atoms with van der Waals surface area (Å²) >= 11 is 0. The molecule has 0 saturated heterocycles. The summed E-state index contributed by atoms with van der Waals surface area (Å²) < 4.78 is 16.1. The van der Waals surface area contributed by atoms with E-state index in [1.807, 2.05) is 43.5 Å². The number of aryl methyl sites for hydroxylation is 1. The van der Waals surface area contributed by atoms with Crippen molar-refractivity contribution in [3.8, 4) is 16.8 Å². The van der Waals surface area contributed by atoms with Crippen LogP contribution < -0.4 is 0 Å². The van der Waals surface area contributed by atoms with Crippen molar-refractivity contribution < 1.29 is 4.39 Å². The van der Waals surface area contributed by atoms with Crippen molar-refractivity contribution in [3.63, 3.8) is 0 Å². The molecule has 0 aliphatic carbocycles. The summed E-state index contributed by atoms with van der Waals surface area (Å²) in [5.74, 6) is 0.517. The molecule has 4 aromatic rings. The molecule has 2 heterocycles. The highest BCUT2D eigenvalue weighted by molar-refractivity contribution is 5.82. The molecule has 1 N–H and O–H groups in total. The maximum atomic E-state index is 14.3. The van der Waals surface area contributed by atoms with Gasteiger partial charge >= 0.3 is 0 Å². The molecule has 0 aliphatic heterocycles. The maximum absolute atomic E-state index is 14.3.